The number of rotatable bonds is 5. The van der Waals surface area contributed by atoms with E-state index >= 15 is 0 Å². The van der Waals surface area contributed by atoms with Crippen molar-refractivity contribution in [2.75, 3.05) is 13.7 Å². The molecule has 9 heteroatoms. The molecule has 0 saturated carbocycles. The summed E-state index contributed by atoms with van der Waals surface area (Å²) in [6, 6.07) is 1.88. The van der Waals surface area contributed by atoms with E-state index in [1.54, 1.807) is 0 Å². The molecule has 1 aromatic rings. The molecule has 0 unspecified atom stereocenters. The van der Waals surface area contributed by atoms with Gasteiger partial charge < -0.3 is 15.2 Å². The molecule has 9 nitrogen and oxygen atoms in total. The zero-order chi connectivity index (χ0) is 17.1. The number of nitrogens with one attached hydrogen (secondary N) is 1. The third-order valence-electron chi connectivity index (χ3n) is 3.21. The van der Waals surface area contributed by atoms with Crippen LogP contribution >= 0.6 is 0 Å². The van der Waals surface area contributed by atoms with Crippen molar-refractivity contribution in [2.24, 2.45) is 0 Å². The van der Waals surface area contributed by atoms with Gasteiger partial charge in [0.05, 0.1) is 12.0 Å². The number of urea groups is 1. The fraction of sp³-hybridized carbons (Fsp3) is 0.286. The van der Waals surface area contributed by atoms with Crippen molar-refractivity contribution in [3.8, 4) is 11.5 Å². The molecule has 122 valence electrons. The lowest BCUT2D eigenvalue weighted by molar-refractivity contribution is -0.386. The molecule has 0 spiro atoms. The average molecular weight is 321 g/mol. The van der Waals surface area contributed by atoms with Crippen LogP contribution < -0.4 is 10.1 Å². The van der Waals surface area contributed by atoms with Gasteiger partial charge in [0.25, 0.3) is 5.91 Å². The number of benzene rings is 1. The van der Waals surface area contributed by atoms with Crippen LogP contribution in [0.2, 0.25) is 0 Å². The highest BCUT2D eigenvalue weighted by Gasteiger charge is 2.33. The number of hydrogen-bond donors (Lipinski definition) is 2. The molecule has 2 N–H and O–H groups in total. The molecule has 0 radical (unpaired) electrons. The van der Waals surface area contributed by atoms with Gasteiger partial charge in [0.15, 0.2) is 5.75 Å². The quantitative estimate of drug-likeness (QED) is 0.368. The predicted octanol–water partition coefficient (Wildman–Crippen LogP) is 1.61. The lowest BCUT2D eigenvalue weighted by Crippen LogP contribution is -2.31. The van der Waals surface area contributed by atoms with Gasteiger partial charge >= 0.3 is 11.7 Å². The van der Waals surface area contributed by atoms with Crippen molar-refractivity contribution in [1.82, 2.24) is 10.2 Å². The standard InChI is InChI=1S/C14H15N3O6/c1-3-4-16-13(19)9(15-14(16)20)5-8-6-10(17(21)22)12(18)11(7-8)23-2/h5-7,18H,3-4H2,1-2H3,(H,15,20)/b9-5+. The van der Waals surface area contributed by atoms with Crippen LogP contribution in [0.5, 0.6) is 11.5 Å². The van der Waals surface area contributed by atoms with Crippen LogP contribution in [0.3, 0.4) is 0 Å². The van der Waals surface area contributed by atoms with Crippen LogP contribution in [0.1, 0.15) is 18.9 Å². The largest absolute Gasteiger partial charge is 0.500 e. The Balaban J connectivity index is 2.43. The molecule has 1 aliphatic rings. The lowest BCUT2D eigenvalue weighted by atomic mass is 10.1. The van der Waals surface area contributed by atoms with Gasteiger partial charge in [0.2, 0.25) is 5.75 Å². The molecule has 0 atom stereocenters. The Kier molecular flexibility index (Phi) is 4.49. The number of nitro groups is 1. The molecule has 1 saturated heterocycles. The van der Waals surface area contributed by atoms with Crippen LogP contribution in [-0.2, 0) is 4.79 Å². The maximum Gasteiger partial charge on any atom is 0.329 e. The second-order valence-electron chi connectivity index (χ2n) is 4.79. The van der Waals surface area contributed by atoms with Gasteiger partial charge in [-0.15, -0.1) is 0 Å². The van der Waals surface area contributed by atoms with E-state index in [2.05, 4.69) is 5.32 Å². The van der Waals surface area contributed by atoms with Gasteiger partial charge in [-0.3, -0.25) is 19.8 Å². The predicted molar refractivity (Wildman–Crippen MR) is 79.8 cm³/mol. The van der Waals surface area contributed by atoms with E-state index < -0.39 is 28.3 Å². The summed E-state index contributed by atoms with van der Waals surface area (Å²) in [5.41, 5.74) is -0.308. The number of aromatic hydroxyl groups is 1. The summed E-state index contributed by atoms with van der Waals surface area (Å²) in [5, 5.41) is 23.1. The monoisotopic (exact) mass is 321 g/mol. The number of carbonyl (C=O) groups excluding carboxylic acids is 2. The number of hydrogen-bond acceptors (Lipinski definition) is 6. The molecule has 3 amide bonds. The van der Waals surface area contributed by atoms with Crippen LogP contribution in [-0.4, -0.2) is 40.5 Å². The first-order valence-corrected chi connectivity index (χ1v) is 6.79. The van der Waals surface area contributed by atoms with Gasteiger partial charge in [0, 0.05) is 12.6 Å². The number of nitro benzene ring substituents is 1. The second-order valence-corrected chi connectivity index (χ2v) is 4.79. The van der Waals surface area contributed by atoms with Crippen molar-refractivity contribution in [3.05, 3.63) is 33.5 Å². The fourth-order valence-corrected chi connectivity index (χ4v) is 2.16. The first-order valence-electron chi connectivity index (χ1n) is 6.79. The van der Waals surface area contributed by atoms with E-state index in [4.69, 9.17) is 4.74 Å². The summed E-state index contributed by atoms with van der Waals surface area (Å²) in [6.45, 7) is 2.11. The number of amides is 3. The molecule has 0 aliphatic carbocycles. The Morgan fingerprint density at radius 3 is 2.70 bits per heavy atom. The summed E-state index contributed by atoms with van der Waals surface area (Å²) in [7, 11) is 1.25. The SMILES string of the molecule is CCCN1C(=O)N/C(=C/c2cc(OC)c(O)c([N+](=O)[O-])c2)C1=O. The van der Waals surface area contributed by atoms with Gasteiger partial charge in [-0.05, 0) is 24.1 Å². The molecule has 1 aliphatic heterocycles. The van der Waals surface area contributed by atoms with E-state index in [0.29, 0.717) is 6.42 Å². The smallest absolute Gasteiger partial charge is 0.329 e. The molecule has 1 aromatic carbocycles. The van der Waals surface area contributed by atoms with E-state index in [-0.39, 0.29) is 23.6 Å². The number of imide groups is 1. The minimum Gasteiger partial charge on any atom is -0.500 e. The molecular formula is C14H15N3O6. The number of ether oxygens (including phenoxy) is 1. The summed E-state index contributed by atoms with van der Waals surface area (Å²) in [6.07, 6.45) is 1.91. The van der Waals surface area contributed by atoms with Crippen molar-refractivity contribution in [1.29, 1.82) is 0 Å². The first-order chi connectivity index (χ1) is 10.9. The number of methoxy groups -OCH3 is 1. The van der Waals surface area contributed by atoms with E-state index in [1.165, 1.54) is 19.3 Å². The highest BCUT2D eigenvalue weighted by atomic mass is 16.6. The highest BCUT2D eigenvalue weighted by molar-refractivity contribution is 6.14. The molecular weight excluding hydrogens is 306 g/mol. The number of phenolic OH excluding ortho intramolecular Hbond substituents is 1. The average Bonchev–Trinajstić information content (AvgIpc) is 2.76. The van der Waals surface area contributed by atoms with Crippen LogP contribution in [0, 0.1) is 10.1 Å². The molecule has 23 heavy (non-hydrogen) atoms. The number of carbonyl (C=O) groups is 2. The normalized spacial score (nSPS) is 15.9. The Bertz CT molecular complexity index is 713. The molecule has 1 heterocycles. The van der Waals surface area contributed by atoms with Gasteiger partial charge in [-0.1, -0.05) is 6.92 Å². The van der Waals surface area contributed by atoms with Crippen LogP contribution in [0.15, 0.2) is 17.8 Å². The van der Waals surface area contributed by atoms with Gasteiger partial charge in [-0.25, -0.2) is 4.79 Å². The van der Waals surface area contributed by atoms with Crippen molar-refractivity contribution in [3.63, 3.8) is 0 Å². The topological polar surface area (TPSA) is 122 Å². The highest BCUT2D eigenvalue weighted by Crippen LogP contribution is 2.37. The molecule has 0 bridgehead atoms. The Labute approximate surface area is 131 Å². The van der Waals surface area contributed by atoms with Crippen molar-refractivity contribution >= 4 is 23.7 Å². The summed E-state index contributed by atoms with van der Waals surface area (Å²) >= 11 is 0. The van der Waals surface area contributed by atoms with Gasteiger partial charge in [-0.2, -0.15) is 0 Å². The zero-order valence-electron chi connectivity index (χ0n) is 12.5. The second kappa shape index (κ2) is 6.34. The van der Waals surface area contributed by atoms with Crippen LogP contribution in [0.4, 0.5) is 10.5 Å². The maximum atomic E-state index is 12.1. The lowest BCUT2D eigenvalue weighted by Gasteiger charge is -2.08. The summed E-state index contributed by atoms with van der Waals surface area (Å²) in [5.74, 6) is -1.21. The third-order valence-corrected chi connectivity index (χ3v) is 3.21. The third kappa shape index (κ3) is 3.07. The van der Waals surface area contributed by atoms with E-state index in [1.807, 2.05) is 6.92 Å². The minimum absolute atomic E-state index is 0.00508. The Morgan fingerprint density at radius 1 is 1.43 bits per heavy atom. The Morgan fingerprint density at radius 2 is 2.13 bits per heavy atom. The molecule has 1 fully saturated rings. The minimum atomic E-state index is -0.766. The maximum absolute atomic E-state index is 12.1. The molecule has 2 rings (SSSR count). The van der Waals surface area contributed by atoms with Crippen molar-refractivity contribution in [2.45, 2.75) is 13.3 Å². The van der Waals surface area contributed by atoms with Crippen molar-refractivity contribution < 1.29 is 24.4 Å². The van der Waals surface area contributed by atoms with Gasteiger partial charge in [0.1, 0.15) is 5.70 Å². The zero-order valence-corrected chi connectivity index (χ0v) is 12.5. The fourth-order valence-electron chi connectivity index (χ4n) is 2.16. The number of phenols is 1. The number of nitrogens with zero attached hydrogens (tertiary/aromatic N) is 2. The van der Waals surface area contributed by atoms with E-state index in [0.717, 1.165) is 11.0 Å². The summed E-state index contributed by atoms with van der Waals surface area (Å²) < 4.78 is 4.88. The van der Waals surface area contributed by atoms with E-state index in [9.17, 15) is 24.8 Å². The molecule has 0 aromatic heterocycles. The Hall–Kier alpha value is -3.10. The summed E-state index contributed by atoms with van der Waals surface area (Å²) in [4.78, 5) is 35.1. The van der Waals surface area contributed by atoms with Crippen LogP contribution in [0.25, 0.3) is 6.08 Å². The first kappa shape index (κ1) is 16.3.